The largest absolute Gasteiger partial charge is 0.396 e. The second-order valence-electron chi connectivity index (χ2n) is 6.46. The number of benzene rings is 1. The zero-order valence-corrected chi connectivity index (χ0v) is 14.0. The Labute approximate surface area is 139 Å². The van der Waals surface area contributed by atoms with Gasteiger partial charge in [0.25, 0.3) is 0 Å². The molecule has 5 heteroatoms. The normalized spacial score (nSPS) is 17.7. The van der Waals surface area contributed by atoms with Crippen molar-refractivity contribution in [3.63, 3.8) is 0 Å². The van der Waals surface area contributed by atoms with E-state index < -0.39 is 0 Å². The topological polar surface area (TPSA) is 64.6 Å². The van der Waals surface area contributed by atoms with Crippen LogP contribution in [-0.4, -0.2) is 55.9 Å². The van der Waals surface area contributed by atoms with Crippen molar-refractivity contribution in [3.05, 3.63) is 35.9 Å². The fourth-order valence-corrected chi connectivity index (χ4v) is 3.05. The molecule has 23 heavy (non-hydrogen) atoms. The van der Waals surface area contributed by atoms with Gasteiger partial charge in [0.2, 0.25) is 0 Å². The minimum Gasteiger partial charge on any atom is -0.396 e. The average Bonchev–Trinajstić information content (AvgIpc) is 2.59. The summed E-state index contributed by atoms with van der Waals surface area (Å²) in [6.07, 6.45) is 2.95. The highest BCUT2D eigenvalue weighted by Gasteiger charge is 2.17. The first-order chi connectivity index (χ1) is 11.2. The van der Waals surface area contributed by atoms with E-state index in [1.807, 2.05) is 30.3 Å². The number of amides is 2. The Hall–Kier alpha value is -1.59. The van der Waals surface area contributed by atoms with Crippen LogP contribution >= 0.6 is 0 Å². The highest BCUT2D eigenvalue weighted by molar-refractivity contribution is 5.73. The Morgan fingerprint density at radius 2 is 1.96 bits per heavy atom. The first kappa shape index (κ1) is 17.8. The Morgan fingerprint density at radius 3 is 2.61 bits per heavy atom. The molecule has 0 bridgehead atoms. The third-order valence-electron chi connectivity index (χ3n) is 4.65. The molecule has 1 aromatic rings. The van der Waals surface area contributed by atoms with Crippen molar-refractivity contribution in [2.24, 2.45) is 5.92 Å². The molecule has 2 amide bonds. The number of nitrogens with zero attached hydrogens (tertiary/aromatic N) is 1. The highest BCUT2D eigenvalue weighted by atomic mass is 16.3. The monoisotopic (exact) mass is 319 g/mol. The number of aliphatic hydroxyl groups excluding tert-OH is 1. The molecule has 2 rings (SSSR count). The maximum Gasteiger partial charge on any atom is 0.314 e. The van der Waals surface area contributed by atoms with Crippen LogP contribution in [0.25, 0.3) is 0 Å². The minimum atomic E-state index is -0.109. The minimum absolute atomic E-state index is 0.109. The summed E-state index contributed by atoms with van der Waals surface area (Å²) in [6.45, 7) is 3.64. The molecule has 128 valence electrons. The number of carbonyl (C=O) groups is 1. The van der Waals surface area contributed by atoms with Gasteiger partial charge in [0.15, 0.2) is 0 Å². The molecule has 1 saturated heterocycles. The summed E-state index contributed by atoms with van der Waals surface area (Å²) < 4.78 is 0. The lowest BCUT2D eigenvalue weighted by Crippen LogP contribution is -2.42. The summed E-state index contributed by atoms with van der Waals surface area (Å²) in [5.74, 6) is 0.731. The van der Waals surface area contributed by atoms with E-state index in [0.717, 1.165) is 38.0 Å². The lowest BCUT2D eigenvalue weighted by atomic mass is 9.96. The van der Waals surface area contributed by atoms with Crippen LogP contribution < -0.4 is 10.6 Å². The van der Waals surface area contributed by atoms with E-state index in [2.05, 4.69) is 22.6 Å². The number of likely N-dealkylation sites (tertiary alicyclic amines) is 1. The van der Waals surface area contributed by atoms with Crippen LogP contribution in [0.2, 0.25) is 0 Å². The SMILES string of the molecule is CN1CCC(CNC(=O)NCC(CCO)c2ccccc2)CC1. The molecule has 1 fully saturated rings. The van der Waals surface area contributed by atoms with E-state index in [-0.39, 0.29) is 18.6 Å². The molecule has 1 heterocycles. The van der Waals surface area contributed by atoms with Gasteiger partial charge in [-0.15, -0.1) is 0 Å². The average molecular weight is 319 g/mol. The Kier molecular flexibility index (Phi) is 7.36. The van der Waals surface area contributed by atoms with Gasteiger partial charge in [-0.05, 0) is 50.9 Å². The summed E-state index contributed by atoms with van der Waals surface area (Å²) in [5, 5.41) is 15.2. The molecule has 1 unspecified atom stereocenters. The van der Waals surface area contributed by atoms with Crippen LogP contribution in [0.5, 0.6) is 0 Å². The predicted molar refractivity (Wildman–Crippen MR) is 92.5 cm³/mol. The Morgan fingerprint density at radius 1 is 1.26 bits per heavy atom. The van der Waals surface area contributed by atoms with E-state index in [1.165, 1.54) is 0 Å². The summed E-state index contributed by atoms with van der Waals surface area (Å²) in [4.78, 5) is 14.3. The van der Waals surface area contributed by atoms with E-state index in [9.17, 15) is 9.90 Å². The number of hydrogen-bond donors (Lipinski definition) is 3. The smallest absolute Gasteiger partial charge is 0.314 e. The van der Waals surface area contributed by atoms with Gasteiger partial charge in [0.1, 0.15) is 0 Å². The molecule has 1 aliphatic heterocycles. The van der Waals surface area contributed by atoms with E-state index in [1.54, 1.807) is 0 Å². The van der Waals surface area contributed by atoms with Crippen LogP contribution in [0.1, 0.15) is 30.7 Å². The fourth-order valence-electron chi connectivity index (χ4n) is 3.05. The number of piperidine rings is 1. The number of urea groups is 1. The molecule has 5 nitrogen and oxygen atoms in total. The standard InChI is InChI=1S/C18H29N3O2/c1-21-10-7-15(8-11-21)13-19-18(23)20-14-17(9-12-22)16-5-3-2-4-6-16/h2-6,15,17,22H,7-14H2,1H3,(H2,19,20,23). The molecule has 3 N–H and O–H groups in total. The van der Waals surface area contributed by atoms with Crippen molar-refractivity contribution >= 4 is 6.03 Å². The van der Waals surface area contributed by atoms with Gasteiger partial charge in [0, 0.05) is 25.6 Å². The maximum absolute atomic E-state index is 12.0. The number of aliphatic hydroxyl groups is 1. The number of carbonyl (C=O) groups excluding carboxylic acids is 1. The number of hydrogen-bond acceptors (Lipinski definition) is 3. The molecule has 1 aromatic carbocycles. The van der Waals surface area contributed by atoms with Gasteiger partial charge >= 0.3 is 6.03 Å². The van der Waals surface area contributed by atoms with Gasteiger partial charge in [-0.3, -0.25) is 0 Å². The van der Waals surface area contributed by atoms with E-state index in [4.69, 9.17) is 0 Å². The van der Waals surface area contributed by atoms with Gasteiger partial charge in [-0.1, -0.05) is 30.3 Å². The summed E-state index contributed by atoms with van der Waals surface area (Å²) in [7, 11) is 2.14. The van der Waals surface area contributed by atoms with E-state index in [0.29, 0.717) is 18.9 Å². The van der Waals surface area contributed by atoms with Crippen LogP contribution in [0, 0.1) is 5.92 Å². The van der Waals surface area contributed by atoms with Gasteiger partial charge in [-0.2, -0.15) is 0 Å². The lowest BCUT2D eigenvalue weighted by Gasteiger charge is -2.29. The predicted octanol–water partition coefficient (Wildman–Crippen LogP) is 1.79. The molecule has 1 atom stereocenters. The van der Waals surface area contributed by atoms with Crippen LogP contribution in [0.4, 0.5) is 4.79 Å². The highest BCUT2D eigenvalue weighted by Crippen LogP contribution is 2.18. The lowest BCUT2D eigenvalue weighted by molar-refractivity contribution is 0.209. The second-order valence-corrected chi connectivity index (χ2v) is 6.46. The summed E-state index contributed by atoms with van der Waals surface area (Å²) >= 11 is 0. The zero-order valence-electron chi connectivity index (χ0n) is 14.0. The van der Waals surface area contributed by atoms with Crippen LogP contribution in [-0.2, 0) is 0 Å². The van der Waals surface area contributed by atoms with Gasteiger partial charge in [-0.25, -0.2) is 4.79 Å². The molecular formula is C18H29N3O2. The molecule has 1 aliphatic rings. The first-order valence-electron chi connectivity index (χ1n) is 8.55. The molecule has 0 aliphatic carbocycles. The van der Waals surface area contributed by atoms with E-state index >= 15 is 0 Å². The third-order valence-corrected chi connectivity index (χ3v) is 4.65. The summed E-state index contributed by atoms with van der Waals surface area (Å²) in [6, 6.07) is 9.92. The molecule has 0 spiro atoms. The molecule has 0 aromatic heterocycles. The van der Waals surface area contributed by atoms with Gasteiger partial charge < -0.3 is 20.6 Å². The number of nitrogens with one attached hydrogen (secondary N) is 2. The van der Waals surface area contributed by atoms with Crippen molar-refractivity contribution in [3.8, 4) is 0 Å². The first-order valence-corrected chi connectivity index (χ1v) is 8.55. The summed E-state index contributed by atoms with van der Waals surface area (Å²) in [5.41, 5.74) is 1.15. The quantitative estimate of drug-likeness (QED) is 0.718. The van der Waals surface area contributed by atoms with Crippen LogP contribution in [0.3, 0.4) is 0 Å². The molecular weight excluding hydrogens is 290 g/mol. The fraction of sp³-hybridized carbons (Fsp3) is 0.611. The Balaban J connectivity index is 1.71. The molecule has 0 saturated carbocycles. The molecule has 0 radical (unpaired) electrons. The van der Waals surface area contributed by atoms with Crippen molar-refractivity contribution in [2.45, 2.75) is 25.2 Å². The van der Waals surface area contributed by atoms with Crippen LogP contribution in [0.15, 0.2) is 30.3 Å². The van der Waals surface area contributed by atoms with Gasteiger partial charge in [0.05, 0.1) is 0 Å². The van der Waals surface area contributed by atoms with Crippen molar-refractivity contribution in [2.75, 3.05) is 39.8 Å². The number of rotatable bonds is 7. The third kappa shape index (κ3) is 6.20. The van der Waals surface area contributed by atoms with Crippen molar-refractivity contribution in [1.29, 1.82) is 0 Å². The van der Waals surface area contributed by atoms with Crippen molar-refractivity contribution < 1.29 is 9.90 Å². The second kappa shape index (κ2) is 9.53. The van der Waals surface area contributed by atoms with Crippen molar-refractivity contribution in [1.82, 2.24) is 15.5 Å². The zero-order chi connectivity index (χ0) is 16.5. The Bertz CT molecular complexity index is 459. The maximum atomic E-state index is 12.0.